The van der Waals surface area contributed by atoms with Crippen LogP contribution in [-0.4, -0.2) is 12.1 Å². The number of oxazole rings is 1. The van der Waals surface area contributed by atoms with Crippen LogP contribution < -0.4 is 15.8 Å². The lowest BCUT2D eigenvalue weighted by atomic mass is 10.2. The van der Waals surface area contributed by atoms with Crippen molar-refractivity contribution in [2.24, 2.45) is 0 Å². The summed E-state index contributed by atoms with van der Waals surface area (Å²) in [6.07, 6.45) is 2.58. The van der Waals surface area contributed by atoms with Gasteiger partial charge in [-0.25, -0.2) is 4.98 Å². The summed E-state index contributed by atoms with van der Waals surface area (Å²) >= 11 is 0. The maximum Gasteiger partial charge on any atom is 0.213 e. The van der Waals surface area contributed by atoms with E-state index in [2.05, 4.69) is 10.3 Å². The molecule has 0 aliphatic rings. The second-order valence-corrected chi connectivity index (χ2v) is 3.85. The van der Waals surface area contributed by atoms with Crippen molar-refractivity contribution in [1.29, 1.82) is 0 Å². The number of nitrogen functional groups attached to an aromatic ring is 1. The van der Waals surface area contributed by atoms with Crippen molar-refractivity contribution >= 4 is 11.4 Å². The van der Waals surface area contributed by atoms with Crippen LogP contribution in [0, 0.1) is 0 Å². The molecule has 2 rings (SSSR count). The molecule has 0 unspecified atom stereocenters. The first-order valence-corrected chi connectivity index (χ1v) is 5.84. The lowest BCUT2D eigenvalue weighted by molar-refractivity contribution is 0.417. The summed E-state index contributed by atoms with van der Waals surface area (Å²) in [5.74, 6) is 2.18. The number of hydrogen-bond acceptors (Lipinski definition) is 5. The van der Waals surface area contributed by atoms with Crippen molar-refractivity contribution < 1.29 is 9.15 Å². The molecule has 1 aromatic heterocycles. The number of aryl methyl sites for hydroxylation is 1. The number of nitrogens with zero attached hydrogens (tertiary/aromatic N) is 1. The Balaban J connectivity index is 2.06. The van der Waals surface area contributed by atoms with E-state index in [9.17, 15) is 0 Å². The Kier molecular flexibility index (Phi) is 3.72. The number of nitrogens with two attached hydrogens (primary N) is 1. The topological polar surface area (TPSA) is 73.3 Å². The van der Waals surface area contributed by atoms with Gasteiger partial charge in [-0.3, -0.25) is 0 Å². The molecular formula is C13H17N3O2. The van der Waals surface area contributed by atoms with Gasteiger partial charge in [0.15, 0.2) is 0 Å². The molecule has 96 valence electrons. The van der Waals surface area contributed by atoms with Crippen LogP contribution in [0.2, 0.25) is 0 Å². The molecule has 0 radical (unpaired) electrons. The highest BCUT2D eigenvalue weighted by Gasteiger charge is 2.06. The number of para-hydroxylation sites is 1. The smallest absolute Gasteiger partial charge is 0.213 e. The van der Waals surface area contributed by atoms with E-state index in [-0.39, 0.29) is 0 Å². The fourth-order valence-electron chi connectivity index (χ4n) is 1.64. The van der Waals surface area contributed by atoms with E-state index < -0.39 is 0 Å². The van der Waals surface area contributed by atoms with Gasteiger partial charge < -0.3 is 20.2 Å². The predicted molar refractivity (Wildman–Crippen MR) is 70.6 cm³/mol. The summed E-state index contributed by atoms with van der Waals surface area (Å²) in [4.78, 5) is 4.17. The Morgan fingerprint density at radius 3 is 2.94 bits per heavy atom. The molecule has 0 bridgehead atoms. The van der Waals surface area contributed by atoms with Crippen LogP contribution in [0.25, 0.3) is 0 Å². The number of aromatic nitrogens is 1. The molecule has 0 amide bonds. The minimum absolute atomic E-state index is 0.497. The molecule has 0 fully saturated rings. The van der Waals surface area contributed by atoms with E-state index in [1.807, 2.05) is 25.1 Å². The van der Waals surface area contributed by atoms with Gasteiger partial charge in [0.25, 0.3) is 0 Å². The summed E-state index contributed by atoms with van der Waals surface area (Å²) in [6.45, 7) is 2.52. The van der Waals surface area contributed by atoms with Crippen molar-refractivity contribution in [3.05, 3.63) is 36.0 Å². The third-order valence-electron chi connectivity index (χ3n) is 2.67. The van der Waals surface area contributed by atoms with Gasteiger partial charge in [0, 0.05) is 6.42 Å². The summed E-state index contributed by atoms with van der Waals surface area (Å²) in [5.41, 5.74) is 7.35. The van der Waals surface area contributed by atoms with E-state index in [4.69, 9.17) is 14.9 Å². The third-order valence-corrected chi connectivity index (χ3v) is 2.67. The highest BCUT2D eigenvalue weighted by molar-refractivity contribution is 5.72. The molecule has 2 aromatic rings. The van der Waals surface area contributed by atoms with Gasteiger partial charge in [0.1, 0.15) is 11.5 Å². The summed E-state index contributed by atoms with van der Waals surface area (Å²) in [7, 11) is 1.59. The maximum atomic E-state index is 5.95. The van der Waals surface area contributed by atoms with Crippen molar-refractivity contribution in [2.45, 2.75) is 19.9 Å². The lowest BCUT2D eigenvalue weighted by Crippen LogP contribution is -2.03. The van der Waals surface area contributed by atoms with Crippen molar-refractivity contribution in [3.8, 4) is 5.75 Å². The van der Waals surface area contributed by atoms with Crippen LogP contribution in [0.15, 0.2) is 28.8 Å². The van der Waals surface area contributed by atoms with E-state index in [1.54, 1.807) is 13.3 Å². The highest BCUT2D eigenvalue weighted by atomic mass is 16.5. The van der Waals surface area contributed by atoms with Crippen LogP contribution in [0.4, 0.5) is 11.4 Å². The number of hydrogen-bond donors (Lipinski definition) is 2. The first-order chi connectivity index (χ1) is 8.74. The van der Waals surface area contributed by atoms with Crippen molar-refractivity contribution in [2.75, 3.05) is 18.2 Å². The van der Waals surface area contributed by atoms with Crippen LogP contribution in [0.1, 0.15) is 18.6 Å². The molecule has 0 saturated heterocycles. The minimum Gasteiger partial charge on any atom is -0.495 e. The molecule has 5 heteroatoms. The molecule has 0 atom stereocenters. The molecule has 5 nitrogen and oxygen atoms in total. The Labute approximate surface area is 106 Å². The van der Waals surface area contributed by atoms with Crippen molar-refractivity contribution in [1.82, 2.24) is 4.98 Å². The van der Waals surface area contributed by atoms with E-state index in [1.165, 1.54) is 0 Å². The van der Waals surface area contributed by atoms with E-state index >= 15 is 0 Å². The Morgan fingerprint density at radius 2 is 2.28 bits per heavy atom. The molecule has 0 saturated carbocycles. The number of methoxy groups -OCH3 is 1. The number of benzene rings is 1. The largest absolute Gasteiger partial charge is 0.495 e. The van der Waals surface area contributed by atoms with E-state index in [0.717, 1.165) is 17.9 Å². The SMILES string of the molecule is CCc1cnc(CNc2cccc(OC)c2N)o1. The number of ether oxygens (including phenoxy) is 1. The Hall–Kier alpha value is -2.17. The maximum absolute atomic E-state index is 5.95. The summed E-state index contributed by atoms with van der Waals surface area (Å²) in [6, 6.07) is 5.59. The standard InChI is InChI=1S/C13H17N3O2/c1-3-9-7-16-12(18-9)8-15-10-5-4-6-11(17-2)13(10)14/h4-7,15H,3,8,14H2,1-2H3. The van der Waals surface area contributed by atoms with Gasteiger partial charge in [-0.15, -0.1) is 0 Å². The van der Waals surface area contributed by atoms with Crippen LogP contribution in [0.5, 0.6) is 5.75 Å². The van der Waals surface area contributed by atoms with Gasteiger partial charge >= 0.3 is 0 Å². The highest BCUT2D eigenvalue weighted by Crippen LogP contribution is 2.29. The number of rotatable bonds is 5. The average Bonchev–Trinajstić information content (AvgIpc) is 2.85. The lowest BCUT2D eigenvalue weighted by Gasteiger charge is -2.10. The number of nitrogens with one attached hydrogen (secondary N) is 1. The molecule has 1 aromatic carbocycles. The first-order valence-electron chi connectivity index (χ1n) is 5.84. The molecule has 18 heavy (non-hydrogen) atoms. The fraction of sp³-hybridized carbons (Fsp3) is 0.308. The monoisotopic (exact) mass is 247 g/mol. The third kappa shape index (κ3) is 2.56. The zero-order valence-corrected chi connectivity index (χ0v) is 10.6. The molecule has 0 aliphatic heterocycles. The zero-order chi connectivity index (χ0) is 13.0. The van der Waals surface area contributed by atoms with Crippen molar-refractivity contribution in [3.63, 3.8) is 0 Å². The average molecular weight is 247 g/mol. The Morgan fingerprint density at radius 1 is 1.44 bits per heavy atom. The molecular weight excluding hydrogens is 230 g/mol. The fourth-order valence-corrected chi connectivity index (χ4v) is 1.64. The number of anilines is 2. The zero-order valence-electron chi connectivity index (χ0n) is 10.6. The van der Waals surface area contributed by atoms with Gasteiger partial charge in [0.05, 0.1) is 31.2 Å². The van der Waals surface area contributed by atoms with Gasteiger partial charge in [0.2, 0.25) is 5.89 Å². The van der Waals surface area contributed by atoms with Gasteiger partial charge in [-0.1, -0.05) is 13.0 Å². The minimum atomic E-state index is 0.497. The van der Waals surface area contributed by atoms with Crippen LogP contribution in [0.3, 0.4) is 0 Å². The second-order valence-electron chi connectivity index (χ2n) is 3.85. The molecule has 1 heterocycles. The normalized spacial score (nSPS) is 10.3. The molecule has 0 spiro atoms. The van der Waals surface area contributed by atoms with Crippen LogP contribution >= 0.6 is 0 Å². The molecule has 0 aliphatic carbocycles. The van der Waals surface area contributed by atoms with Crippen LogP contribution in [-0.2, 0) is 13.0 Å². The quantitative estimate of drug-likeness (QED) is 0.794. The summed E-state index contributed by atoms with van der Waals surface area (Å²) < 4.78 is 10.7. The van der Waals surface area contributed by atoms with E-state index in [0.29, 0.717) is 23.9 Å². The molecule has 3 N–H and O–H groups in total. The Bertz CT molecular complexity index is 523. The predicted octanol–water partition coefficient (Wildman–Crippen LogP) is 2.44. The first kappa shape index (κ1) is 12.3. The second kappa shape index (κ2) is 5.44. The van der Waals surface area contributed by atoms with Gasteiger partial charge in [-0.05, 0) is 12.1 Å². The summed E-state index contributed by atoms with van der Waals surface area (Å²) in [5, 5.41) is 3.18. The van der Waals surface area contributed by atoms with Gasteiger partial charge in [-0.2, -0.15) is 0 Å².